The number of guanidine groups is 1. The Labute approximate surface area is 115 Å². The van der Waals surface area contributed by atoms with Gasteiger partial charge in [0, 0.05) is 39.3 Å². The first kappa shape index (κ1) is 14.1. The molecule has 108 valence electrons. The van der Waals surface area contributed by atoms with Gasteiger partial charge in [0.15, 0.2) is 5.96 Å². The Kier molecular flexibility index (Phi) is 4.63. The van der Waals surface area contributed by atoms with Gasteiger partial charge in [0.25, 0.3) is 0 Å². The Hall–Kier alpha value is -1.30. The van der Waals surface area contributed by atoms with E-state index in [1.807, 2.05) is 0 Å². The van der Waals surface area contributed by atoms with E-state index in [0.29, 0.717) is 17.9 Å². The minimum atomic E-state index is -0.0398. The number of likely N-dealkylation sites (N-methyl/N-ethyl adjacent to an activating group) is 1. The van der Waals surface area contributed by atoms with Gasteiger partial charge in [0.1, 0.15) is 0 Å². The highest BCUT2D eigenvalue weighted by Gasteiger charge is 2.38. The van der Waals surface area contributed by atoms with Crippen molar-refractivity contribution in [1.82, 2.24) is 20.9 Å². The van der Waals surface area contributed by atoms with E-state index in [4.69, 9.17) is 0 Å². The molecule has 0 bridgehead atoms. The Morgan fingerprint density at radius 2 is 2.11 bits per heavy atom. The molecule has 1 amide bonds. The number of hydrogen-bond acceptors (Lipinski definition) is 3. The maximum atomic E-state index is 11.2. The molecule has 0 aromatic carbocycles. The molecule has 3 N–H and O–H groups in total. The molecule has 2 unspecified atom stereocenters. The van der Waals surface area contributed by atoms with Gasteiger partial charge in [-0.2, -0.15) is 0 Å². The van der Waals surface area contributed by atoms with Crippen molar-refractivity contribution in [3.8, 4) is 0 Å². The molecule has 2 atom stereocenters. The van der Waals surface area contributed by atoms with Crippen LogP contribution in [0.1, 0.15) is 19.8 Å². The molecular formula is C13H25N5O. The number of aliphatic imine (C=N–C) groups is 1. The molecule has 2 rings (SSSR count). The maximum Gasteiger partial charge on any atom is 0.239 e. The van der Waals surface area contributed by atoms with Crippen LogP contribution in [-0.2, 0) is 4.79 Å². The van der Waals surface area contributed by atoms with Gasteiger partial charge in [-0.3, -0.25) is 14.7 Å². The number of rotatable bonds is 4. The highest BCUT2D eigenvalue weighted by molar-refractivity contribution is 5.86. The van der Waals surface area contributed by atoms with Gasteiger partial charge in [-0.05, 0) is 18.8 Å². The standard InChI is InChI=1S/C13H25N5O/c1-9-7-18(10-4-5-10)8-11(9)17-13(15-3)16-6-12(19)14-2/h9-11H,4-8H2,1-3H3,(H,14,19)(H2,15,16,17). The van der Waals surface area contributed by atoms with Crippen LogP contribution in [-0.4, -0.2) is 62.6 Å². The van der Waals surface area contributed by atoms with E-state index in [9.17, 15) is 4.79 Å². The molecule has 1 saturated carbocycles. The second-order valence-corrected chi connectivity index (χ2v) is 5.51. The minimum Gasteiger partial charge on any atom is -0.358 e. The third-order valence-electron chi connectivity index (χ3n) is 3.94. The van der Waals surface area contributed by atoms with E-state index < -0.39 is 0 Å². The van der Waals surface area contributed by atoms with Crippen LogP contribution in [0.4, 0.5) is 0 Å². The zero-order valence-corrected chi connectivity index (χ0v) is 12.1. The van der Waals surface area contributed by atoms with Crippen LogP contribution in [0.15, 0.2) is 4.99 Å². The minimum absolute atomic E-state index is 0.0398. The van der Waals surface area contributed by atoms with E-state index in [1.165, 1.54) is 12.8 Å². The number of likely N-dealkylation sites (tertiary alicyclic amines) is 1. The average Bonchev–Trinajstić information content (AvgIpc) is 3.19. The normalized spacial score (nSPS) is 28.3. The zero-order valence-electron chi connectivity index (χ0n) is 12.1. The van der Waals surface area contributed by atoms with Gasteiger partial charge in [-0.15, -0.1) is 0 Å². The summed E-state index contributed by atoms with van der Waals surface area (Å²) < 4.78 is 0. The molecule has 2 fully saturated rings. The highest BCUT2D eigenvalue weighted by Crippen LogP contribution is 2.31. The predicted molar refractivity (Wildman–Crippen MR) is 76.1 cm³/mol. The molecule has 2 aliphatic rings. The molecule has 1 saturated heterocycles. The van der Waals surface area contributed by atoms with Crippen molar-refractivity contribution in [2.75, 3.05) is 33.7 Å². The third kappa shape index (κ3) is 3.83. The van der Waals surface area contributed by atoms with Crippen molar-refractivity contribution in [2.45, 2.75) is 31.8 Å². The largest absolute Gasteiger partial charge is 0.358 e. The van der Waals surface area contributed by atoms with Crippen molar-refractivity contribution in [2.24, 2.45) is 10.9 Å². The Balaban J connectivity index is 1.79. The van der Waals surface area contributed by atoms with Crippen molar-refractivity contribution >= 4 is 11.9 Å². The summed E-state index contributed by atoms with van der Waals surface area (Å²) in [6.45, 7) is 4.76. The Morgan fingerprint density at radius 3 is 2.68 bits per heavy atom. The van der Waals surface area contributed by atoms with Gasteiger partial charge in [0.05, 0.1) is 6.54 Å². The monoisotopic (exact) mass is 267 g/mol. The van der Waals surface area contributed by atoms with Gasteiger partial charge >= 0.3 is 0 Å². The Bertz CT molecular complexity index is 353. The van der Waals surface area contributed by atoms with E-state index in [-0.39, 0.29) is 12.5 Å². The van der Waals surface area contributed by atoms with Crippen molar-refractivity contribution in [3.05, 3.63) is 0 Å². The topological polar surface area (TPSA) is 68.8 Å². The summed E-state index contributed by atoms with van der Waals surface area (Å²) in [7, 11) is 3.37. The second kappa shape index (κ2) is 6.23. The van der Waals surface area contributed by atoms with Crippen molar-refractivity contribution in [1.29, 1.82) is 0 Å². The van der Waals surface area contributed by atoms with E-state index >= 15 is 0 Å². The van der Waals surface area contributed by atoms with Crippen molar-refractivity contribution in [3.63, 3.8) is 0 Å². The first-order valence-corrected chi connectivity index (χ1v) is 7.06. The summed E-state index contributed by atoms with van der Waals surface area (Å²) >= 11 is 0. The summed E-state index contributed by atoms with van der Waals surface area (Å²) in [6, 6.07) is 1.23. The molecule has 6 heteroatoms. The van der Waals surface area contributed by atoms with Crippen LogP contribution in [0.5, 0.6) is 0 Å². The van der Waals surface area contributed by atoms with E-state index in [1.54, 1.807) is 14.1 Å². The van der Waals surface area contributed by atoms with Crippen LogP contribution >= 0.6 is 0 Å². The quantitative estimate of drug-likeness (QED) is 0.469. The number of hydrogen-bond donors (Lipinski definition) is 3. The highest BCUT2D eigenvalue weighted by atomic mass is 16.1. The number of amides is 1. The molecule has 19 heavy (non-hydrogen) atoms. The number of nitrogens with zero attached hydrogens (tertiary/aromatic N) is 2. The molecule has 1 aliphatic heterocycles. The summed E-state index contributed by atoms with van der Waals surface area (Å²) in [4.78, 5) is 18.0. The molecule has 1 aliphatic carbocycles. The van der Waals surface area contributed by atoms with Gasteiger partial charge in [-0.1, -0.05) is 6.92 Å². The predicted octanol–water partition coefficient (Wildman–Crippen LogP) is -0.620. The van der Waals surface area contributed by atoms with E-state index in [2.05, 4.69) is 32.8 Å². The summed E-state index contributed by atoms with van der Waals surface area (Å²) in [5.41, 5.74) is 0. The first-order valence-electron chi connectivity index (χ1n) is 7.06. The van der Waals surface area contributed by atoms with Crippen LogP contribution in [0, 0.1) is 5.92 Å². The van der Waals surface area contributed by atoms with Crippen LogP contribution in [0.2, 0.25) is 0 Å². The van der Waals surface area contributed by atoms with Crippen LogP contribution in [0.3, 0.4) is 0 Å². The van der Waals surface area contributed by atoms with Gasteiger partial charge in [0.2, 0.25) is 5.91 Å². The third-order valence-corrected chi connectivity index (χ3v) is 3.94. The lowest BCUT2D eigenvalue weighted by atomic mass is 10.1. The summed E-state index contributed by atoms with van der Waals surface area (Å²) in [6.07, 6.45) is 2.70. The molecule has 0 aromatic heterocycles. The fourth-order valence-electron chi connectivity index (χ4n) is 2.55. The smallest absolute Gasteiger partial charge is 0.239 e. The van der Waals surface area contributed by atoms with Gasteiger partial charge in [-0.25, -0.2) is 0 Å². The zero-order chi connectivity index (χ0) is 13.8. The fourth-order valence-corrected chi connectivity index (χ4v) is 2.55. The Morgan fingerprint density at radius 1 is 1.37 bits per heavy atom. The fraction of sp³-hybridized carbons (Fsp3) is 0.846. The lowest BCUT2D eigenvalue weighted by Gasteiger charge is -2.20. The number of carbonyl (C=O) groups excluding carboxylic acids is 1. The average molecular weight is 267 g/mol. The molecule has 1 heterocycles. The molecule has 0 spiro atoms. The number of nitrogens with one attached hydrogen (secondary N) is 3. The lowest BCUT2D eigenvalue weighted by molar-refractivity contribution is -0.119. The lowest BCUT2D eigenvalue weighted by Crippen LogP contribution is -2.48. The van der Waals surface area contributed by atoms with Crippen LogP contribution in [0.25, 0.3) is 0 Å². The van der Waals surface area contributed by atoms with Gasteiger partial charge < -0.3 is 16.0 Å². The molecule has 6 nitrogen and oxygen atoms in total. The molecule has 0 radical (unpaired) electrons. The summed E-state index contributed by atoms with van der Waals surface area (Å²) in [5.74, 6) is 1.28. The molecular weight excluding hydrogens is 242 g/mol. The SMILES string of the molecule is CN=C(NCC(=O)NC)NC1CN(C2CC2)CC1C. The second-order valence-electron chi connectivity index (χ2n) is 5.51. The summed E-state index contributed by atoms with van der Waals surface area (Å²) in [5, 5.41) is 9.04. The maximum absolute atomic E-state index is 11.2. The number of carbonyl (C=O) groups is 1. The van der Waals surface area contributed by atoms with Crippen molar-refractivity contribution < 1.29 is 4.79 Å². The molecule has 0 aromatic rings. The first-order chi connectivity index (χ1) is 9.13. The van der Waals surface area contributed by atoms with E-state index in [0.717, 1.165) is 19.1 Å². The van der Waals surface area contributed by atoms with Crippen LogP contribution < -0.4 is 16.0 Å².